The maximum Gasteiger partial charge on any atom is 0.251 e. The highest BCUT2D eigenvalue weighted by atomic mass is 19.1. The number of aromatic nitrogens is 1. The van der Waals surface area contributed by atoms with Gasteiger partial charge in [0.05, 0.1) is 5.56 Å². The van der Waals surface area contributed by atoms with Gasteiger partial charge in [0.25, 0.3) is 5.91 Å². The molecule has 1 aromatic heterocycles. The number of halogens is 1. The largest absolute Gasteiger partial charge is 0.366 e. The summed E-state index contributed by atoms with van der Waals surface area (Å²) in [5, 5.41) is 0. The van der Waals surface area contributed by atoms with E-state index < -0.39 is 5.91 Å². The molecule has 1 fully saturated rings. The van der Waals surface area contributed by atoms with E-state index in [9.17, 15) is 9.18 Å². The van der Waals surface area contributed by atoms with E-state index in [1.54, 1.807) is 12.1 Å². The van der Waals surface area contributed by atoms with E-state index in [1.807, 2.05) is 6.92 Å². The molecule has 1 heterocycles. The van der Waals surface area contributed by atoms with Gasteiger partial charge in [0.15, 0.2) is 0 Å². The van der Waals surface area contributed by atoms with Crippen LogP contribution in [0.25, 0.3) is 11.1 Å². The van der Waals surface area contributed by atoms with Crippen LogP contribution in [0.5, 0.6) is 0 Å². The second-order valence-corrected chi connectivity index (χ2v) is 7.52. The van der Waals surface area contributed by atoms with Crippen molar-refractivity contribution in [3.63, 3.8) is 0 Å². The second kappa shape index (κ2) is 8.07. The first-order valence-electron chi connectivity index (χ1n) is 9.80. The minimum atomic E-state index is -0.401. The van der Waals surface area contributed by atoms with Gasteiger partial charge in [0.1, 0.15) is 5.82 Å². The first-order chi connectivity index (χ1) is 12.5. The molecule has 0 bridgehead atoms. The third-order valence-electron chi connectivity index (χ3n) is 5.66. The molecule has 0 saturated heterocycles. The molecule has 1 saturated carbocycles. The zero-order chi connectivity index (χ0) is 18.7. The van der Waals surface area contributed by atoms with Gasteiger partial charge in [0, 0.05) is 23.5 Å². The maximum absolute atomic E-state index is 13.4. The van der Waals surface area contributed by atoms with Crippen molar-refractivity contribution in [2.45, 2.75) is 65.3 Å². The monoisotopic (exact) mass is 356 g/mol. The first kappa shape index (κ1) is 18.7. The Hall–Kier alpha value is -2.10. The highest BCUT2D eigenvalue weighted by molar-refractivity contribution is 6.02. The number of carbonyl (C=O) groups is 1. The molecule has 2 aromatic rings. The van der Waals surface area contributed by atoms with Gasteiger partial charge in [-0.15, -0.1) is 0 Å². The first-order valence-corrected chi connectivity index (χ1v) is 9.80. The van der Waals surface area contributed by atoms with Gasteiger partial charge in [0.2, 0.25) is 0 Å². The fourth-order valence-corrected chi connectivity index (χ4v) is 4.40. The molecule has 1 aromatic carbocycles. The third kappa shape index (κ3) is 3.69. The number of hydrogen-bond acceptors (Lipinski definition) is 1. The Morgan fingerprint density at radius 3 is 2.42 bits per heavy atom. The van der Waals surface area contributed by atoms with Gasteiger partial charge in [-0.25, -0.2) is 4.39 Å². The van der Waals surface area contributed by atoms with Crippen LogP contribution in [0.2, 0.25) is 0 Å². The summed E-state index contributed by atoms with van der Waals surface area (Å²) in [4.78, 5) is 12.3. The van der Waals surface area contributed by atoms with E-state index in [0.717, 1.165) is 41.9 Å². The summed E-state index contributed by atoms with van der Waals surface area (Å²) in [5.74, 6) is -0.0152. The molecule has 0 aliphatic heterocycles. The lowest BCUT2D eigenvalue weighted by Crippen LogP contribution is -2.18. The Kier molecular flexibility index (Phi) is 5.80. The summed E-state index contributed by atoms with van der Waals surface area (Å²) in [5.41, 5.74) is 10.2. The SMILES string of the molecule is CCCc1c(-c2ccc(F)cc2)c(C(N)=O)c(C)n1CC1CCCCC1. The van der Waals surface area contributed by atoms with Gasteiger partial charge in [-0.1, -0.05) is 44.7 Å². The summed E-state index contributed by atoms with van der Waals surface area (Å²) in [7, 11) is 0. The van der Waals surface area contributed by atoms with Crippen molar-refractivity contribution < 1.29 is 9.18 Å². The average Bonchev–Trinajstić information content (AvgIpc) is 2.90. The van der Waals surface area contributed by atoms with E-state index in [4.69, 9.17) is 5.73 Å². The van der Waals surface area contributed by atoms with E-state index in [2.05, 4.69) is 11.5 Å². The molecule has 1 aliphatic carbocycles. The molecular weight excluding hydrogens is 327 g/mol. The highest BCUT2D eigenvalue weighted by Gasteiger charge is 2.26. The lowest BCUT2D eigenvalue weighted by atomic mass is 9.89. The summed E-state index contributed by atoms with van der Waals surface area (Å²) in [6, 6.07) is 6.40. The van der Waals surface area contributed by atoms with Crippen molar-refractivity contribution in [1.82, 2.24) is 4.57 Å². The van der Waals surface area contributed by atoms with E-state index in [-0.39, 0.29) is 5.82 Å². The number of primary amides is 1. The van der Waals surface area contributed by atoms with E-state index >= 15 is 0 Å². The van der Waals surface area contributed by atoms with Crippen LogP contribution in [0.1, 0.15) is 67.2 Å². The molecule has 1 aliphatic rings. The molecule has 3 rings (SSSR count). The lowest BCUT2D eigenvalue weighted by molar-refractivity contribution is 0.1000. The molecule has 140 valence electrons. The molecular formula is C22H29FN2O. The van der Waals surface area contributed by atoms with Crippen LogP contribution in [0.15, 0.2) is 24.3 Å². The van der Waals surface area contributed by atoms with Crippen LogP contribution < -0.4 is 5.73 Å². The maximum atomic E-state index is 13.4. The predicted molar refractivity (Wildman–Crippen MR) is 104 cm³/mol. The van der Waals surface area contributed by atoms with Crippen LogP contribution in [0.3, 0.4) is 0 Å². The zero-order valence-electron chi connectivity index (χ0n) is 15.9. The van der Waals surface area contributed by atoms with Gasteiger partial charge in [-0.2, -0.15) is 0 Å². The minimum absolute atomic E-state index is 0.273. The van der Waals surface area contributed by atoms with Crippen molar-refractivity contribution in [2.24, 2.45) is 11.7 Å². The number of rotatable bonds is 6. The van der Waals surface area contributed by atoms with Crippen LogP contribution in [-0.2, 0) is 13.0 Å². The third-order valence-corrected chi connectivity index (χ3v) is 5.66. The summed E-state index contributed by atoms with van der Waals surface area (Å²) in [6.07, 6.45) is 8.29. The van der Waals surface area contributed by atoms with Crippen molar-refractivity contribution in [3.8, 4) is 11.1 Å². The summed E-state index contributed by atoms with van der Waals surface area (Å²) in [6.45, 7) is 5.09. The topological polar surface area (TPSA) is 48.0 Å². The molecule has 2 N–H and O–H groups in total. The number of carbonyl (C=O) groups excluding carboxylic acids is 1. The van der Waals surface area contributed by atoms with E-state index in [1.165, 1.54) is 44.2 Å². The van der Waals surface area contributed by atoms with Crippen LogP contribution in [0, 0.1) is 18.7 Å². The Bertz CT molecular complexity index is 770. The van der Waals surface area contributed by atoms with Crippen molar-refractivity contribution in [1.29, 1.82) is 0 Å². The Labute approximate surface area is 155 Å². The number of hydrogen-bond donors (Lipinski definition) is 1. The normalized spacial score (nSPS) is 15.3. The van der Waals surface area contributed by atoms with Crippen LogP contribution >= 0.6 is 0 Å². The fraction of sp³-hybridized carbons (Fsp3) is 0.500. The number of benzene rings is 1. The molecule has 4 heteroatoms. The predicted octanol–water partition coefficient (Wildman–Crippen LogP) is 5.23. The van der Waals surface area contributed by atoms with Crippen molar-refractivity contribution >= 4 is 5.91 Å². The molecule has 1 amide bonds. The molecule has 0 atom stereocenters. The van der Waals surface area contributed by atoms with Crippen LogP contribution in [-0.4, -0.2) is 10.5 Å². The molecule has 0 spiro atoms. The Morgan fingerprint density at radius 2 is 1.85 bits per heavy atom. The van der Waals surface area contributed by atoms with Crippen molar-refractivity contribution in [3.05, 3.63) is 47.0 Å². The Morgan fingerprint density at radius 1 is 1.19 bits per heavy atom. The summed E-state index contributed by atoms with van der Waals surface area (Å²) >= 11 is 0. The van der Waals surface area contributed by atoms with E-state index in [0.29, 0.717) is 11.5 Å². The number of amides is 1. The molecule has 3 nitrogen and oxygen atoms in total. The fourth-order valence-electron chi connectivity index (χ4n) is 4.40. The van der Waals surface area contributed by atoms with Gasteiger partial charge >= 0.3 is 0 Å². The molecule has 26 heavy (non-hydrogen) atoms. The quantitative estimate of drug-likeness (QED) is 0.756. The summed E-state index contributed by atoms with van der Waals surface area (Å²) < 4.78 is 15.7. The van der Waals surface area contributed by atoms with Gasteiger partial charge in [-0.05, 0) is 49.8 Å². The Balaban J connectivity index is 2.12. The minimum Gasteiger partial charge on any atom is -0.366 e. The highest BCUT2D eigenvalue weighted by Crippen LogP contribution is 2.35. The zero-order valence-corrected chi connectivity index (χ0v) is 15.9. The number of nitrogens with zero attached hydrogens (tertiary/aromatic N) is 1. The smallest absolute Gasteiger partial charge is 0.251 e. The average molecular weight is 356 g/mol. The van der Waals surface area contributed by atoms with Crippen molar-refractivity contribution in [2.75, 3.05) is 0 Å². The standard InChI is InChI=1S/C22H29FN2O/c1-3-7-19-21(17-10-12-18(23)13-11-17)20(22(24)26)15(2)25(19)14-16-8-5-4-6-9-16/h10-13,16H,3-9,14H2,1-2H3,(H2,24,26). The van der Waals surface area contributed by atoms with Crippen LogP contribution in [0.4, 0.5) is 4.39 Å². The van der Waals surface area contributed by atoms with Gasteiger partial charge < -0.3 is 10.3 Å². The molecule has 0 unspecified atom stereocenters. The molecule has 0 radical (unpaired) electrons. The lowest BCUT2D eigenvalue weighted by Gasteiger charge is -2.24. The van der Waals surface area contributed by atoms with Gasteiger partial charge in [-0.3, -0.25) is 4.79 Å². The second-order valence-electron chi connectivity index (χ2n) is 7.52. The number of nitrogens with two attached hydrogens (primary N) is 1.